The summed E-state index contributed by atoms with van der Waals surface area (Å²) in [5.41, 5.74) is 0.525. The van der Waals surface area contributed by atoms with E-state index in [1.165, 1.54) is 82.8 Å². The minimum absolute atomic E-state index is 0.250. The lowest BCUT2D eigenvalue weighted by atomic mass is 9.72. The minimum atomic E-state index is -4.30. The number of benzene rings is 1. The van der Waals surface area contributed by atoms with Crippen molar-refractivity contribution >= 4 is 0 Å². The highest BCUT2D eigenvalue weighted by atomic mass is 19.4. The molecule has 0 bridgehead atoms. The summed E-state index contributed by atoms with van der Waals surface area (Å²) in [6, 6.07) is 6.53. The Hall–Kier alpha value is -1.49. The topological polar surface area (TPSA) is 12.5 Å². The molecule has 0 saturated heterocycles. The number of allylic oxidation sites excluding steroid dienone is 1. The maximum Gasteiger partial charge on any atom is 0.416 e. The van der Waals surface area contributed by atoms with E-state index in [2.05, 4.69) is 11.5 Å². The molecule has 3 aliphatic carbocycles. The van der Waals surface area contributed by atoms with Gasteiger partial charge in [-0.05, 0) is 93.2 Å². The summed E-state index contributed by atoms with van der Waals surface area (Å²) in [7, 11) is 0. The van der Waals surface area contributed by atoms with Gasteiger partial charge >= 0.3 is 6.18 Å². The van der Waals surface area contributed by atoms with Crippen LogP contribution in [0.25, 0.3) is 0 Å². The first-order valence-corrected chi connectivity index (χ1v) is 15.5. The van der Waals surface area contributed by atoms with Crippen LogP contribution in [0.2, 0.25) is 0 Å². The van der Waals surface area contributed by atoms with E-state index < -0.39 is 11.7 Å². The second-order valence-corrected chi connectivity index (χ2v) is 12.5. The van der Waals surface area contributed by atoms with Crippen molar-refractivity contribution in [2.45, 2.75) is 121 Å². The Morgan fingerprint density at radius 2 is 1.37 bits per heavy atom. The van der Waals surface area contributed by atoms with Crippen LogP contribution in [0.5, 0.6) is 0 Å². The smallest absolute Gasteiger partial charge is 0.416 e. The summed E-state index contributed by atoms with van der Waals surface area (Å²) in [5.74, 6) is 3.08. The van der Waals surface area contributed by atoms with Crippen molar-refractivity contribution in [1.29, 1.82) is 0 Å². The van der Waals surface area contributed by atoms with Crippen LogP contribution < -0.4 is 0 Å². The van der Waals surface area contributed by atoms with Crippen molar-refractivity contribution in [3.05, 3.63) is 47.7 Å². The highest BCUT2D eigenvalue weighted by molar-refractivity contribution is 5.29. The third kappa shape index (κ3) is 8.50. The van der Waals surface area contributed by atoms with Gasteiger partial charge in [-0.1, -0.05) is 63.7 Å². The van der Waals surface area contributed by atoms with E-state index in [0.717, 1.165) is 61.9 Å². The molecule has 1 aromatic rings. The first-order valence-electron chi connectivity index (χ1n) is 15.5. The van der Waals surface area contributed by atoms with Gasteiger partial charge < -0.3 is 4.74 Å². The van der Waals surface area contributed by atoms with E-state index in [1.807, 2.05) is 6.92 Å². The zero-order chi connectivity index (χ0) is 27.0. The van der Waals surface area contributed by atoms with Crippen LogP contribution in [-0.2, 0) is 10.9 Å². The summed E-state index contributed by atoms with van der Waals surface area (Å²) >= 11 is 0. The standard InChI is InChI=1S/C33H50F3NO/c1-3-38-25(2)21-28-15-20-32(31(22-28)29-16-18-30(19-17-29)33(34,35)36)37(24-27-13-9-6-10-14-27)23-26-11-7-4-5-8-12-26/h16-19,26-28,31-32H,2-15,20-24H2,1H3. The van der Waals surface area contributed by atoms with Crippen molar-refractivity contribution < 1.29 is 17.9 Å². The van der Waals surface area contributed by atoms with Crippen molar-refractivity contribution in [3.8, 4) is 0 Å². The average Bonchev–Trinajstić information content (AvgIpc) is 3.17. The second-order valence-electron chi connectivity index (χ2n) is 12.5. The van der Waals surface area contributed by atoms with Crippen LogP contribution in [0, 0.1) is 17.8 Å². The van der Waals surface area contributed by atoms with E-state index in [4.69, 9.17) is 4.74 Å². The summed E-state index contributed by atoms with van der Waals surface area (Å²) in [5, 5.41) is 0. The van der Waals surface area contributed by atoms with Gasteiger partial charge in [-0.3, -0.25) is 4.90 Å². The van der Waals surface area contributed by atoms with Gasteiger partial charge in [0.1, 0.15) is 0 Å². The van der Waals surface area contributed by atoms with Crippen LogP contribution in [-0.4, -0.2) is 30.6 Å². The molecule has 0 heterocycles. The van der Waals surface area contributed by atoms with Crippen LogP contribution >= 0.6 is 0 Å². The molecule has 0 radical (unpaired) electrons. The molecule has 0 amide bonds. The summed E-state index contributed by atoms with van der Waals surface area (Å²) in [6.07, 6.45) is 14.6. The third-order valence-corrected chi connectivity index (χ3v) is 9.61. The Kier molecular flexibility index (Phi) is 11.0. The molecule has 5 heteroatoms. The van der Waals surface area contributed by atoms with Gasteiger partial charge in [-0.15, -0.1) is 0 Å². The summed E-state index contributed by atoms with van der Waals surface area (Å²) in [4.78, 5) is 2.84. The quantitative estimate of drug-likeness (QED) is 0.219. The number of hydrogen-bond donors (Lipinski definition) is 0. The molecule has 1 aromatic carbocycles. The van der Waals surface area contributed by atoms with E-state index in [1.54, 1.807) is 12.1 Å². The minimum Gasteiger partial charge on any atom is -0.499 e. The van der Waals surface area contributed by atoms with Gasteiger partial charge in [0.05, 0.1) is 17.9 Å². The maximum absolute atomic E-state index is 13.4. The predicted molar refractivity (Wildman–Crippen MR) is 150 cm³/mol. The first-order chi connectivity index (χ1) is 18.3. The zero-order valence-corrected chi connectivity index (χ0v) is 23.6. The van der Waals surface area contributed by atoms with Crippen LogP contribution in [0.15, 0.2) is 36.6 Å². The lowest BCUT2D eigenvalue weighted by Gasteiger charge is -2.45. The molecule has 214 valence electrons. The normalized spacial score (nSPS) is 26.3. The number of rotatable bonds is 10. The van der Waals surface area contributed by atoms with Crippen LogP contribution in [0.1, 0.15) is 120 Å². The van der Waals surface area contributed by atoms with Crippen molar-refractivity contribution in [3.63, 3.8) is 0 Å². The molecule has 3 aliphatic rings. The molecule has 0 spiro atoms. The molecule has 0 aliphatic heterocycles. The third-order valence-electron chi connectivity index (χ3n) is 9.61. The lowest BCUT2D eigenvalue weighted by molar-refractivity contribution is -0.137. The highest BCUT2D eigenvalue weighted by Gasteiger charge is 2.38. The Morgan fingerprint density at radius 1 is 0.816 bits per heavy atom. The van der Waals surface area contributed by atoms with Gasteiger partial charge in [-0.25, -0.2) is 0 Å². The van der Waals surface area contributed by atoms with E-state index in [9.17, 15) is 13.2 Å². The lowest BCUT2D eigenvalue weighted by Crippen LogP contribution is -2.47. The Balaban J connectivity index is 1.58. The number of hydrogen-bond acceptors (Lipinski definition) is 2. The maximum atomic E-state index is 13.4. The Labute approximate surface area is 229 Å². The van der Waals surface area contributed by atoms with Crippen LogP contribution in [0.4, 0.5) is 13.2 Å². The zero-order valence-electron chi connectivity index (χ0n) is 23.6. The second kappa shape index (κ2) is 14.2. The van der Waals surface area contributed by atoms with Gasteiger partial charge in [0, 0.05) is 25.6 Å². The average molecular weight is 534 g/mol. The molecule has 2 nitrogen and oxygen atoms in total. The van der Waals surface area contributed by atoms with E-state index in [-0.39, 0.29) is 5.92 Å². The highest BCUT2D eigenvalue weighted by Crippen LogP contribution is 2.43. The fourth-order valence-electron chi connectivity index (χ4n) is 7.65. The fraction of sp³-hybridized carbons (Fsp3) is 0.758. The number of alkyl halides is 3. The van der Waals surface area contributed by atoms with Crippen molar-refractivity contribution in [2.75, 3.05) is 19.7 Å². The first kappa shape index (κ1) is 29.5. The largest absolute Gasteiger partial charge is 0.499 e. The molecule has 3 saturated carbocycles. The molecular weight excluding hydrogens is 483 g/mol. The van der Waals surface area contributed by atoms with Gasteiger partial charge in [0.15, 0.2) is 0 Å². The molecule has 3 atom stereocenters. The van der Waals surface area contributed by atoms with Gasteiger partial charge in [0.2, 0.25) is 0 Å². The number of nitrogens with zero attached hydrogens (tertiary/aromatic N) is 1. The van der Waals surface area contributed by atoms with E-state index >= 15 is 0 Å². The fourth-order valence-corrected chi connectivity index (χ4v) is 7.65. The Bertz CT molecular complexity index is 837. The molecule has 0 N–H and O–H groups in total. The van der Waals surface area contributed by atoms with Crippen molar-refractivity contribution in [2.24, 2.45) is 17.8 Å². The molecule has 38 heavy (non-hydrogen) atoms. The van der Waals surface area contributed by atoms with Gasteiger partial charge in [-0.2, -0.15) is 13.2 Å². The number of halogens is 3. The SMILES string of the molecule is C=C(CC1CCC(N(CC2CCCCCC2)CC2CCCCC2)C(c2ccc(C(F)(F)F)cc2)C1)OCC. The molecule has 0 aromatic heterocycles. The number of ether oxygens (including phenoxy) is 1. The van der Waals surface area contributed by atoms with Crippen LogP contribution in [0.3, 0.4) is 0 Å². The predicted octanol–water partition coefficient (Wildman–Crippen LogP) is 9.75. The van der Waals surface area contributed by atoms with Gasteiger partial charge in [0.25, 0.3) is 0 Å². The molecule has 4 rings (SSSR count). The molecule has 3 fully saturated rings. The molecule has 3 unspecified atom stereocenters. The van der Waals surface area contributed by atoms with Crippen molar-refractivity contribution in [1.82, 2.24) is 4.90 Å². The summed E-state index contributed by atoms with van der Waals surface area (Å²) in [6.45, 7) is 9.08. The molecular formula is C33H50F3NO. The monoisotopic (exact) mass is 533 g/mol. The summed E-state index contributed by atoms with van der Waals surface area (Å²) < 4.78 is 45.8. The van der Waals surface area contributed by atoms with E-state index in [0.29, 0.717) is 18.6 Å². The Morgan fingerprint density at radius 3 is 1.89 bits per heavy atom.